The summed E-state index contributed by atoms with van der Waals surface area (Å²) in [5.74, 6) is 0. The third kappa shape index (κ3) is 24.0. The Morgan fingerprint density at radius 3 is 1.03 bits per heavy atom. The Morgan fingerprint density at radius 2 is 0.765 bits per heavy atom. The van der Waals surface area contributed by atoms with Gasteiger partial charge in [-0.15, -0.1) is 68.0 Å². The van der Waals surface area contributed by atoms with E-state index in [0.717, 1.165) is 80.5 Å². The third-order valence-corrected chi connectivity index (χ3v) is 19.8. The maximum atomic E-state index is 11.0. The maximum absolute atomic E-state index is 11.0. The first-order chi connectivity index (χ1) is 49.4. The quantitative estimate of drug-likeness (QED) is 0.00673. The average molecular weight is 1660 g/mol. The first kappa shape index (κ1) is 77.0. The van der Waals surface area contributed by atoms with Crippen LogP contribution in [0.4, 0.5) is 32.1 Å². The van der Waals surface area contributed by atoms with Gasteiger partial charge in [-0.3, -0.25) is 43.9 Å². The molecule has 6 heterocycles. The van der Waals surface area contributed by atoms with Crippen LogP contribution in [0.5, 0.6) is 0 Å². The Morgan fingerprint density at radius 1 is 0.480 bits per heavy atom. The van der Waals surface area contributed by atoms with Gasteiger partial charge in [0.2, 0.25) is 0 Å². The third-order valence-electron chi connectivity index (χ3n) is 14.2. The summed E-state index contributed by atoms with van der Waals surface area (Å²) < 4.78 is 47.7. The first-order valence-corrected chi connectivity index (χ1v) is 48.6. The molecule has 0 fully saturated rings. The Bertz CT molecular complexity index is 4540. The summed E-state index contributed by atoms with van der Waals surface area (Å²) in [4.78, 5) is 82.1. The number of rotatable bonds is 31. The molecule has 0 unspecified atom stereocenters. The van der Waals surface area contributed by atoms with Crippen molar-refractivity contribution in [3.63, 3.8) is 0 Å². The number of nitrogens with zero attached hydrogens (tertiary/aromatic N) is 8. The molecule has 6 aromatic heterocycles. The normalized spacial score (nSPS) is 11.7. The molecule has 0 radical (unpaired) electrons. The number of nitro benzene ring substituents is 2. The molecule has 12 aromatic rings. The summed E-state index contributed by atoms with van der Waals surface area (Å²) in [7, 11) is 6.16. The van der Waals surface area contributed by atoms with Gasteiger partial charge in [0.05, 0.1) is 67.3 Å². The van der Waals surface area contributed by atoms with Gasteiger partial charge < -0.3 is 30.2 Å². The number of hydrogen-bond donors (Lipinski definition) is 5. The second-order valence-electron chi connectivity index (χ2n) is 21.3. The van der Waals surface area contributed by atoms with Crippen molar-refractivity contribution in [1.29, 1.82) is 0 Å². The summed E-state index contributed by atoms with van der Waals surface area (Å²) in [6, 6.07) is 48.8. The van der Waals surface area contributed by atoms with Gasteiger partial charge in [0.25, 0.3) is 30.8 Å². The van der Waals surface area contributed by atoms with E-state index in [4.69, 9.17) is 51.6 Å². The molecule has 526 valence electrons. The van der Waals surface area contributed by atoms with Crippen molar-refractivity contribution in [3.05, 3.63) is 268 Å². The molecule has 6 aromatic carbocycles. The summed E-state index contributed by atoms with van der Waals surface area (Å²) in [5.41, 5.74) is 15.7. The van der Waals surface area contributed by atoms with E-state index in [1.165, 1.54) is 58.3 Å². The second-order valence-corrected chi connectivity index (χ2v) is 40.8. The zero-order valence-corrected chi connectivity index (χ0v) is 63.9. The Labute approximate surface area is 623 Å². The van der Waals surface area contributed by atoms with Crippen LogP contribution in [0.15, 0.2) is 196 Å². The SMILES string of the molecule is O=COCc1ncsc1N[C@@H](Cc1ccc(NS(=O)(=O)O)cc1)c1csc(-c2ccccc2)n1.O=COCc1ncsc1N[C@@H](Cc1ccc([N+](=O)[O-])cc1)c1csc(-c2ccccc2)n1.O=COCc1ncsc1N[C@@H](Cc1ccc([N+](=O)[O-])cc1)c1csc(-c2ccccc2)n1.[CH3][SnH]([Cl])[Cl]. The minimum absolute atomic E-state index is 0.0500. The molecule has 102 heavy (non-hydrogen) atoms. The van der Waals surface area contributed by atoms with E-state index in [0.29, 0.717) is 55.8 Å². The molecular formula is C67H60Cl2N12O13S7Sn. The van der Waals surface area contributed by atoms with Crippen LogP contribution >= 0.6 is 85.9 Å². The van der Waals surface area contributed by atoms with E-state index in [1.54, 1.807) is 99.1 Å². The molecule has 5 N–H and O–H groups in total. The van der Waals surface area contributed by atoms with E-state index in [1.807, 2.05) is 117 Å². The van der Waals surface area contributed by atoms with E-state index < -0.39 is 37.7 Å². The molecule has 25 nitrogen and oxygen atoms in total. The summed E-state index contributed by atoms with van der Waals surface area (Å²) in [6.07, 6.45) is 1.65. The van der Waals surface area contributed by atoms with Crippen LogP contribution in [0, 0.1) is 20.2 Å². The fourth-order valence-corrected chi connectivity index (χ4v) is 14.8. The van der Waals surface area contributed by atoms with Crippen molar-refractivity contribution in [3.8, 4) is 31.7 Å². The molecule has 0 aliphatic carbocycles. The zero-order chi connectivity index (χ0) is 72.2. The number of carbonyl (C=O) groups excluding carboxylic acids is 3. The predicted molar refractivity (Wildman–Crippen MR) is 404 cm³/mol. The van der Waals surface area contributed by atoms with Crippen molar-refractivity contribution in [2.24, 2.45) is 0 Å². The predicted octanol–water partition coefficient (Wildman–Crippen LogP) is 16.4. The van der Waals surface area contributed by atoms with Gasteiger partial charge in [0, 0.05) is 57.1 Å². The summed E-state index contributed by atoms with van der Waals surface area (Å²) in [6.45, 7) is 1.38. The van der Waals surface area contributed by atoms with Crippen molar-refractivity contribution < 1.29 is 51.4 Å². The van der Waals surface area contributed by atoms with Gasteiger partial charge in [-0.2, -0.15) is 8.42 Å². The molecule has 0 amide bonds. The monoisotopic (exact) mass is 1650 g/mol. The Balaban J connectivity index is 0.000000173. The number of benzene rings is 6. The fourth-order valence-electron chi connectivity index (χ4n) is 9.52. The van der Waals surface area contributed by atoms with Gasteiger partial charge in [-0.25, -0.2) is 29.9 Å². The molecule has 0 spiro atoms. The Hall–Kier alpha value is -9.20. The first-order valence-electron chi connectivity index (χ1n) is 30.3. The van der Waals surface area contributed by atoms with Crippen LogP contribution < -0.4 is 20.7 Å². The summed E-state index contributed by atoms with van der Waals surface area (Å²) >= 11 is 7.18. The number of carbonyl (C=O) groups is 3. The van der Waals surface area contributed by atoms with Crippen LogP contribution in [0.3, 0.4) is 0 Å². The number of nitrogens with one attached hydrogen (secondary N) is 4. The standard InChI is InChI=1S/C22H20N4O5S3.2C22H18N4O4S2.CH3.2ClH.Sn.H/c27-14-31-11-19-22(33-13-23-19)24-18(10-15-6-8-17(9-7-15)26-34(28,29)30)20-12-32-21(25-20)16-4-2-1-3-5-16;2*27-14-30-11-19-22(32-13-23-19)24-18(10-15-6-8-17(9-7-15)26(28)29)20-12-31-21(25-20)16-4-2-1-3-5-16;;;;;/h1-9,12-14,18,24,26H,10-11H2,(H,28,29,30);2*1-9,12-14,18,24H,10-11H2;1H3;2*1H;;/q;;;;;;+2;/p-2/t3*18-;;;;;/m000...../s1. The number of ether oxygens (including phenoxy) is 3. The van der Waals surface area contributed by atoms with E-state index in [-0.39, 0.29) is 55.0 Å². The molecule has 3 atom stereocenters. The van der Waals surface area contributed by atoms with Crippen LogP contribution in [0.2, 0.25) is 4.94 Å². The van der Waals surface area contributed by atoms with Gasteiger partial charge in [0.15, 0.2) is 0 Å². The number of aromatic nitrogens is 6. The average Bonchev–Trinajstić information content (AvgIpc) is 1.66. The number of halogens is 2. The van der Waals surface area contributed by atoms with E-state index in [2.05, 4.69) is 30.9 Å². The molecule has 0 saturated heterocycles. The van der Waals surface area contributed by atoms with Crippen LogP contribution in [-0.4, -0.2) is 89.6 Å². The molecule has 0 bridgehead atoms. The van der Waals surface area contributed by atoms with Gasteiger partial charge in [0.1, 0.15) is 66.9 Å². The molecule has 35 heteroatoms. The number of nitro groups is 2. The number of hydrogen-bond acceptors (Lipinski definition) is 27. The van der Waals surface area contributed by atoms with Gasteiger partial charge in [-0.1, -0.05) is 127 Å². The molecular weight excluding hydrogens is 1590 g/mol. The number of thiazole rings is 6. The molecule has 0 aliphatic heterocycles. The van der Waals surface area contributed by atoms with Crippen molar-refractivity contribution in [2.45, 2.75) is 62.1 Å². The van der Waals surface area contributed by atoms with Crippen LogP contribution in [0.25, 0.3) is 31.7 Å². The topological polar surface area (TPSA) is 345 Å². The molecule has 0 aliphatic rings. The van der Waals surface area contributed by atoms with Crippen molar-refractivity contribution >= 4 is 165 Å². The van der Waals surface area contributed by atoms with Gasteiger partial charge >= 0.3 is 50.6 Å². The fraction of sp³-hybridized carbons (Fsp3) is 0.149. The van der Waals surface area contributed by atoms with Crippen LogP contribution in [0.1, 0.15) is 69.0 Å². The number of anilines is 4. The minimum atomic E-state index is -4.34. The van der Waals surface area contributed by atoms with Crippen molar-refractivity contribution in [2.75, 3.05) is 20.7 Å². The number of non-ortho nitro benzene ring substituents is 2. The van der Waals surface area contributed by atoms with Crippen LogP contribution in [-0.2, 0) is 78.0 Å². The van der Waals surface area contributed by atoms with E-state index in [9.17, 15) is 43.0 Å². The zero-order valence-electron chi connectivity index (χ0n) is 53.4. The summed E-state index contributed by atoms with van der Waals surface area (Å²) in [5, 5.41) is 43.4. The van der Waals surface area contributed by atoms with Gasteiger partial charge in [-0.05, 0) is 48.1 Å². The second kappa shape index (κ2) is 39.3. The molecule has 0 saturated carbocycles. The van der Waals surface area contributed by atoms with Crippen molar-refractivity contribution in [1.82, 2.24) is 29.9 Å². The molecule has 12 rings (SSSR count). The van der Waals surface area contributed by atoms with E-state index >= 15 is 0 Å². The Kier molecular flexibility index (Phi) is 29.6.